The number of carbonyl (C=O) groups is 1. The molecule has 3 fully saturated rings. The molecule has 1 N–H and O–H groups in total. The maximum absolute atomic E-state index is 11.3. The highest BCUT2D eigenvalue weighted by Gasteiger charge is 2.38. The van der Waals surface area contributed by atoms with Gasteiger partial charge in [0.2, 0.25) is 0 Å². The molecule has 2 atom stereocenters. The monoisotopic (exact) mass is 280 g/mol. The number of piperidine rings is 1. The molecule has 0 amide bonds. The van der Waals surface area contributed by atoms with Crippen LogP contribution in [0.2, 0.25) is 0 Å². The zero-order valence-corrected chi connectivity index (χ0v) is 12.5. The fourth-order valence-electron chi connectivity index (χ4n) is 4.46. The van der Waals surface area contributed by atoms with Gasteiger partial charge in [-0.3, -0.25) is 9.69 Å². The van der Waals surface area contributed by atoms with Crippen LogP contribution in [0.15, 0.2) is 0 Å². The third kappa shape index (κ3) is 3.17. The van der Waals surface area contributed by atoms with Crippen LogP contribution in [-0.2, 0) is 4.79 Å². The summed E-state index contributed by atoms with van der Waals surface area (Å²) in [6.07, 6.45) is 8.35. The fraction of sp³-hybridized carbons (Fsp3) is 0.938. The molecule has 1 aliphatic carbocycles. The number of rotatable bonds is 4. The minimum absolute atomic E-state index is 0.106. The molecule has 20 heavy (non-hydrogen) atoms. The van der Waals surface area contributed by atoms with Crippen LogP contribution in [0, 0.1) is 11.8 Å². The van der Waals surface area contributed by atoms with Gasteiger partial charge in [0.1, 0.15) is 0 Å². The molecule has 4 nitrogen and oxygen atoms in total. The highest BCUT2D eigenvalue weighted by molar-refractivity contribution is 5.71. The number of hydrogen-bond acceptors (Lipinski definition) is 3. The number of aliphatic carboxylic acids is 1. The summed E-state index contributed by atoms with van der Waals surface area (Å²) in [6.45, 7) is 6.11. The molecule has 3 rings (SSSR count). The lowest BCUT2D eigenvalue weighted by molar-refractivity contribution is -0.143. The predicted octanol–water partition coefficient (Wildman–Crippen LogP) is 2.05. The van der Waals surface area contributed by atoms with Gasteiger partial charge in [0, 0.05) is 12.6 Å². The van der Waals surface area contributed by atoms with E-state index in [1.165, 1.54) is 45.3 Å². The first-order valence-corrected chi connectivity index (χ1v) is 8.43. The van der Waals surface area contributed by atoms with Gasteiger partial charge in [0.05, 0.1) is 5.92 Å². The van der Waals surface area contributed by atoms with Crippen LogP contribution in [0.1, 0.15) is 44.9 Å². The molecule has 1 saturated carbocycles. The Kier molecular flexibility index (Phi) is 4.61. The summed E-state index contributed by atoms with van der Waals surface area (Å²) in [6, 6.07) is 0.320. The number of likely N-dealkylation sites (tertiary alicyclic amines) is 2. The van der Waals surface area contributed by atoms with Gasteiger partial charge in [-0.2, -0.15) is 0 Å². The van der Waals surface area contributed by atoms with Gasteiger partial charge < -0.3 is 10.0 Å². The largest absolute Gasteiger partial charge is 0.481 e. The maximum atomic E-state index is 11.3. The molecule has 2 unspecified atom stereocenters. The summed E-state index contributed by atoms with van der Waals surface area (Å²) in [7, 11) is 0. The summed E-state index contributed by atoms with van der Waals surface area (Å²) in [5.41, 5.74) is 0. The summed E-state index contributed by atoms with van der Waals surface area (Å²) in [5, 5.41) is 9.32. The quantitative estimate of drug-likeness (QED) is 0.856. The van der Waals surface area contributed by atoms with Crippen molar-refractivity contribution in [2.75, 3.05) is 32.7 Å². The Bertz CT molecular complexity index is 333. The summed E-state index contributed by atoms with van der Waals surface area (Å²) >= 11 is 0. The van der Waals surface area contributed by atoms with Crippen molar-refractivity contribution in [1.82, 2.24) is 9.80 Å². The third-order valence-electron chi connectivity index (χ3n) is 5.63. The van der Waals surface area contributed by atoms with Crippen molar-refractivity contribution in [3.8, 4) is 0 Å². The molecule has 0 radical (unpaired) electrons. The molecule has 0 bridgehead atoms. The van der Waals surface area contributed by atoms with Gasteiger partial charge in [-0.1, -0.05) is 6.42 Å². The maximum Gasteiger partial charge on any atom is 0.308 e. The Morgan fingerprint density at radius 3 is 2.30 bits per heavy atom. The van der Waals surface area contributed by atoms with Crippen LogP contribution in [0.4, 0.5) is 0 Å². The van der Waals surface area contributed by atoms with Crippen molar-refractivity contribution in [2.24, 2.45) is 11.8 Å². The fourth-order valence-corrected chi connectivity index (χ4v) is 4.46. The second-order valence-corrected chi connectivity index (χ2v) is 6.93. The van der Waals surface area contributed by atoms with E-state index in [2.05, 4.69) is 9.80 Å². The Morgan fingerprint density at radius 2 is 1.65 bits per heavy atom. The minimum Gasteiger partial charge on any atom is -0.481 e. The van der Waals surface area contributed by atoms with Crippen LogP contribution in [0.5, 0.6) is 0 Å². The first kappa shape index (κ1) is 14.3. The molecule has 0 aromatic heterocycles. The average Bonchev–Trinajstić information content (AvgIpc) is 3.10. The average molecular weight is 280 g/mol. The molecule has 114 valence electrons. The van der Waals surface area contributed by atoms with E-state index in [1.807, 2.05) is 0 Å². The van der Waals surface area contributed by atoms with Crippen molar-refractivity contribution < 1.29 is 9.90 Å². The van der Waals surface area contributed by atoms with Crippen molar-refractivity contribution >= 4 is 5.97 Å². The Hall–Kier alpha value is -0.610. The molecule has 3 aliphatic rings. The summed E-state index contributed by atoms with van der Waals surface area (Å²) in [5.74, 6) is 0.158. The van der Waals surface area contributed by atoms with Gasteiger partial charge in [-0.05, 0) is 70.6 Å². The van der Waals surface area contributed by atoms with Crippen molar-refractivity contribution in [2.45, 2.75) is 51.0 Å². The summed E-state index contributed by atoms with van der Waals surface area (Å²) in [4.78, 5) is 16.4. The standard InChI is InChI=1S/C16H28N2O2/c19-16(20)14-4-3-5-15(14)18-10-6-13(7-11-18)12-17-8-1-2-9-17/h13-15H,1-12H2,(H,19,20). The first-order chi connectivity index (χ1) is 9.74. The van der Waals surface area contributed by atoms with Crippen LogP contribution in [0.3, 0.4) is 0 Å². The van der Waals surface area contributed by atoms with Crippen molar-refractivity contribution in [1.29, 1.82) is 0 Å². The Morgan fingerprint density at radius 1 is 0.950 bits per heavy atom. The molecule has 0 spiro atoms. The molecule has 2 saturated heterocycles. The first-order valence-electron chi connectivity index (χ1n) is 8.43. The molecular weight excluding hydrogens is 252 g/mol. The zero-order valence-electron chi connectivity index (χ0n) is 12.5. The number of hydrogen-bond donors (Lipinski definition) is 1. The molecule has 0 aromatic carbocycles. The van der Waals surface area contributed by atoms with Crippen LogP contribution < -0.4 is 0 Å². The van der Waals surface area contributed by atoms with Crippen LogP contribution in [0.25, 0.3) is 0 Å². The Balaban J connectivity index is 1.46. The minimum atomic E-state index is -0.577. The van der Waals surface area contributed by atoms with E-state index >= 15 is 0 Å². The van der Waals surface area contributed by atoms with Gasteiger partial charge in [-0.25, -0.2) is 0 Å². The lowest BCUT2D eigenvalue weighted by Gasteiger charge is -2.38. The smallest absolute Gasteiger partial charge is 0.308 e. The van der Waals surface area contributed by atoms with Crippen molar-refractivity contribution in [3.05, 3.63) is 0 Å². The lowest BCUT2D eigenvalue weighted by atomic mass is 9.93. The highest BCUT2D eigenvalue weighted by Crippen LogP contribution is 2.33. The SMILES string of the molecule is O=C(O)C1CCCC1N1CCC(CN2CCCC2)CC1. The highest BCUT2D eigenvalue weighted by atomic mass is 16.4. The van der Waals surface area contributed by atoms with E-state index in [1.54, 1.807) is 0 Å². The third-order valence-corrected chi connectivity index (χ3v) is 5.63. The second-order valence-electron chi connectivity index (χ2n) is 6.93. The van der Waals surface area contributed by atoms with E-state index in [0.29, 0.717) is 6.04 Å². The van der Waals surface area contributed by atoms with Gasteiger partial charge in [0.15, 0.2) is 0 Å². The van der Waals surface area contributed by atoms with E-state index in [4.69, 9.17) is 0 Å². The van der Waals surface area contributed by atoms with Crippen LogP contribution in [-0.4, -0.2) is 59.6 Å². The number of nitrogens with zero attached hydrogens (tertiary/aromatic N) is 2. The molecular formula is C16H28N2O2. The molecule has 2 aliphatic heterocycles. The molecule has 4 heteroatoms. The van der Waals surface area contributed by atoms with Gasteiger partial charge in [0.25, 0.3) is 0 Å². The molecule has 0 aromatic rings. The van der Waals surface area contributed by atoms with Gasteiger partial charge in [-0.15, -0.1) is 0 Å². The topological polar surface area (TPSA) is 43.8 Å². The zero-order chi connectivity index (χ0) is 13.9. The predicted molar refractivity (Wildman–Crippen MR) is 78.7 cm³/mol. The number of carboxylic acids is 1. The van der Waals surface area contributed by atoms with E-state index in [9.17, 15) is 9.90 Å². The second kappa shape index (κ2) is 6.44. The lowest BCUT2D eigenvalue weighted by Crippen LogP contribution is -2.46. The normalized spacial score (nSPS) is 33.8. The van der Waals surface area contributed by atoms with E-state index in [-0.39, 0.29) is 5.92 Å². The van der Waals surface area contributed by atoms with Crippen molar-refractivity contribution in [3.63, 3.8) is 0 Å². The van der Waals surface area contributed by atoms with E-state index < -0.39 is 5.97 Å². The van der Waals surface area contributed by atoms with Gasteiger partial charge >= 0.3 is 5.97 Å². The number of carboxylic acid groups (broad SMARTS) is 1. The molecule has 2 heterocycles. The Labute approximate surface area is 122 Å². The van der Waals surface area contributed by atoms with Crippen LogP contribution >= 0.6 is 0 Å². The summed E-state index contributed by atoms with van der Waals surface area (Å²) < 4.78 is 0. The van der Waals surface area contributed by atoms with E-state index in [0.717, 1.165) is 38.3 Å².